The molecule has 12 nitrogen and oxygen atoms in total. The van der Waals surface area contributed by atoms with Gasteiger partial charge in [0.25, 0.3) is 0 Å². The number of carboxylic acids is 3. The Bertz CT molecular complexity index is 1510. The molecule has 0 bridgehead atoms. The van der Waals surface area contributed by atoms with Gasteiger partial charge in [-0.2, -0.15) is 26.3 Å². The standard InChI is InChI=1S/C26H28N2O6.2C2HF3O2/c1-26(2,25(30)31)34-22-16-20(32-4)11-12-21(22)24(29)18-10-13-23(27-17-18)33-15-14-28(3)19-8-6-5-7-9-19;2*3-2(4,5)1(6)7/h5-13,16-17H,14-15H2,1-4H3,(H,30,31);2*(H,6,7). The van der Waals surface area contributed by atoms with Crippen LogP contribution in [0, 0.1) is 0 Å². The molecule has 0 saturated carbocycles. The van der Waals surface area contributed by atoms with Crippen LogP contribution in [0.5, 0.6) is 17.4 Å². The highest BCUT2D eigenvalue weighted by Crippen LogP contribution is 2.30. The summed E-state index contributed by atoms with van der Waals surface area (Å²) in [5, 5.41) is 23.7. The van der Waals surface area contributed by atoms with E-state index in [1.54, 1.807) is 18.2 Å². The molecule has 48 heavy (non-hydrogen) atoms. The van der Waals surface area contributed by atoms with Gasteiger partial charge in [-0.3, -0.25) is 4.79 Å². The number of carbonyl (C=O) groups is 4. The highest BCUT2D eigenvalue weighted by molar-refractivity contribution is 6.10. The molecule has 262 valence electrons. The summed E-state index contributed by atoms with van der Waals surface area (Å²) in [7, 11) is 3.46. The maximum atomic E-state index is 13.1. The van der Waals surface area contributed by atoms with Crippen molar-refractivity contribution in [1.82, 2.24) is 4.98 Å². The number of ketones is 1. The van der Waals surface area contributed by atoms with E-state index in [4.69, 9.17) is 34.0 Å². The zero-order valence-corrected chi connectivity index (χ0v) is 25.6. The minimum absolute atomic E-state index is 0.112. The molecular weight excluding hydrogens is 662 g/mol. The number of carbonyl (C=O) groups excluding carboxylic acids is 1. The van der Waals surface area contributed by atoms with Crippen molar-refractivity contribution >= 4 is 29.4 Å². The minimum atomic E-state index is -5.08. The van der Waals surface area contributed by atoms with Crippen LogP contribution in [0.2, 0.25) is 0 Å². The first kappa shape index (κ1) is 40.5. The topological polar surface area (TPSA) is 173 Å². The number of anilines is 1. The predicted octanol–water partition coefficient (Wildman–Crippen LogP) is 5.35. The number of alkyl halides is 6. The van der Waals surface area contributed by atoms with Crippen molar-refractivity contribution in [3.63, 3.8) is 0 Å². The Balaban J connectivity index is 0.000000687. The summed E-state index contributed by atoms with van der Waals surface area (Å²) < 4.78 is 80.0. The Morgan fingerprint density at radius 1 is 0.812 bits per heavy atom. The number of ether oxygens (including phenoxy) is 3. The van der Waals surface area contributed by atoms with E-state index in [1.807, 2.05) is 37.4 Å². The largest absolute Gasteiger partial charge is 0.497 e. The van der Waals surface area contributed by atoms with Crippen molar-refractivity contribution < 1.29 is 75.1 Å². The summed E-state index contributed by atoms with van der Waals surface area (Å²) in [6, 6.07) is 17.8. The highest BCUT2D eigenvalue weighted by Gasteiger charge is 2.39. The second-order valence-electron chi connectivity index (χ2n) is 9.71. The van der Waals surface area contributed by atoms with Crippen molar-refractivity contribution in [1.29, 1.82) is 0 Å². The maximum absolute atomic E-state index is 13.1. The van der Waals surface area contributed by atoms with Crippen LogP contribution in [-0.4, -0.2) is 89.3 Å². The number of aliphatic carboxylic acids is 3. The van der Waals surface area contributed by atoms with Gasteiger partial charge in [0, 0.05) is 36.6 Å². The van der Waals surface area contributed by atoms with Crippen molar-refractivity contribution in [3.05, 3.63) is 78.0 Å². The fourth-order valence-electron chi connectivity index (χ4n) is 3.07. The van der Waals surface area contributed by atoms with Crippen LogP contribution in [-0.2, 0) is 14.4 Å². The molecule has 0 aliphatic heterocycles. The van der Waals surface area contributed by atoms with Gasteiger partial charge in [-0.15, -0.1) is 0 Å². The van der Waals surface area contributed by atoms with Crippen LogP contribution in [0.25, 0.3) is 0 Å². The third-order valence-electron chi connectivity index (χ3n) is 5.67. The Hall–Kier alpha value is -5.55. The van der Waals surface area contributed by atoms with E-state index in [9.17, 15) is 41.0 Å². The molecule has 2 aromatic carbocycles. The summed E-state index contributed by atoms with van der Waals surface area (Å²) in [6.45, 7) is 3.91. The third-order valence-corrected chi connectivity index (χ3v) is 5.67. The van der Waals surface area contributed by atoms with Crippen LogP contribution in [0.4, 0.5) is 32.0 Å². The Morgan fingerprint density at radius 2 is 1.35 bits per heavy atom. The van der Waals surface area contributed by atoms with Gasteiger partial charge >= 0.3 is 30.3 Å². The third kappa shape index (κ3) is 13.4. The molecule has 0 spiro atoms. The lowest BCUT2D eigenvalue weighted by atomic mass is 10.0. The van der Waals surface area contributed by atoms with Crippen LogP contribution < -0.4 is 19.1 Å². The normalized spacial score (nSPS) is 11.0. The highest BCUT2D eigenvalue weighted by atomic mass is 19.4. The van der Waals surface area contributed by atoms with Crippen molar-refractivity contribution in [2.45, 2.75) is 31.8 Å². The molecule has 0 saturated heterocycles. The lowest BCUT2D eigenvalue weighted by Gasteiger charge is -2.23. The van der Waals surface area contributed by atoms with Gasteiger partial charge in [-0.05, 0) is 44.2 Å². The Kier molecular flexibility index (Phi) is 14.7. The van der Waals surface area contributed by atoms with E-state index in [2.05, 4.69) is 9.88 Å². The Morgan fingerprint density at radius 3 is 1.79 bits per heavy atom. The van der Waals surface area contributed by atoms with E-state index in [1.165, 1.54) is 39.3 Å². The van der Waals surface area contributed by atoms with Crippen LogP contribution >= 0.6 is 0 Å². The molecule has 0 fully saturated rings. The molecular formula is C30H30F6N2O10. The van der Waals surface area contributed by atoms with Gasteiger partial charge in [0.1, 0.15) is 18.1 Å². The number of nitrogens with zero attached hydrogens (tertiary/aromatic N) is 2. The quantitative estimate of drug-likeness (QED) is 0.174. The van der Waals surface area contributed by atoms with Crippen LogP contribution in [0.3, 0.4) is 0 Å². The molecule has 18 heteroatoms. The van der Waals surface area contributed by atoms with Crippen LogP contribution in [0.1, 0.15) is 29.8 Å². The van der Waals surface area contributed by atoms with Gasteiger partial charge in [0.15, 0.2) is 11.4 Å². The zero-order chi connectivity index (χ0) is 36.9. The zero-order valence-electron chi connectivity index (χ0n) is 25.6. The van der Waals surface area contributed by atoms with Gasteiger partial charge in [0.2, 0.25) is 5.88 Å². The second-order valence-corrected chi connectivity index (χ2v) is 9.71. The first-order valence-corrected chi connectivity index (χ1v) is 13.2. The number of halogens is 6. The fraction of sp³-hybridized carbons (Fsp3) is 0.300. The SMILES string of the molecule is COc1ccc(C(=O)c2ccc(OCCN(C)c3ccccc3)nc2)c(OC(C)(C)C(=O)O)c1.O=C(O)C(F)(F)F.O=C(O)C(F)(F)F. The number of carboxylic acid groups (broad SMARTS) is 3. The van der Waals surface area contributed by atoms with E-state index < -0.39 is 35.9 Å². The number of para-hydroxylation sites is 1. The van der Waals surface area contributed by atoms with E-state index in [0.717, 1.165) is 5.69 Å². The molecule has 1 aromatic heterocycles. The molecule has 3 N–H and O–H groups in total. The number of benzene rings is 2. The van der Waals surface area contributed by atoms with Gasteiger partial charge in [0.05, 0.1) is 19.2 Å². The summed E-state index contributed by atoms with van der Waals surface area (Å²) in [6.07, 6.45) is -8.74. The summed E-state index contributed by atoms with van der Waals surface area (Å²) >= 11 is 0. The monoisotopic (exact) mass is 692 g/mol. The average molecular weight is 693 g/mol. The molecule has 0 aliphatic rings. The molecule has 1 heterocycles. The molecule has 3 aromatic rings. The van der Waals surface area contributed by atoms with E-state index in [0.29, 0.717) is 30.3 Å². The van der Waals surface area contributed by atoms with Gasteiger partial charge in [-0.1, -0.05) is 18.2 Å². The molecule has 0 radical (unpaired) electrons. The molecule has 0 unspecified atom stereocenters. The Labute approximate surface area is 269 Å². The summed E-state index contributed by atoms with van der Waals surface area (Å²) in [4.78, 5) is 48.8. The molecule has 0 aliphatic carbocycles. The molecule has 0 atom stereocenters. The first-order chi connectivity index (χ1) is 22.1. The summed E-state index contributed by atoms with van der Waals surface area (Å²) in [5.74, 6) is -6.08. The number of methoxy groups -OCH3 is 1. The number of hydrogen-bond donors (Lipinski definition) is 3. The second kappa shape index (κ2) is 17.4. The van der Waals surface area contributed by atoms with Gasteiger partial charge < -0.3 is 34.4 Å². The molecule has 3 rings (SSSR count). The number of pyridine rings is 1. The minimum Gasteiger partial charge on any atom is -0.497 e. The number of likely N-dealkylation sites (N-methyl/N-ethyl adjacent to an activating group) is 1. The van der Waals surface area contributed by atoms with Crippen molar-refractivity contribution in [3.8, 4) is 17.4 Å². The number of aromatic nitrogens is 1. The first-order valence-electron chi connectivity index (χ1n) is 13.2. The number of rotatable bonds is 11. The van der Waals surface area contributed by atoms with Crippen molar-refractivity contribution in [2.24, 2.45) is 0 Å². The van der Waals surface area contributed by atoms with E-state index >= 15 is 0 Å². The lowest BCUT2D eigenvalue weighted by Crippen LogP contribution is -2.38. The van der Waals surface area contributed by atoms with Gasteiger partial charge in [-0.25, -0.2) is 19.4 Å². The molecule has 0 amide bonds. The van der Waals surface area contributed by atoms with Crippen LogP contribution in [0.15, 0.2) is 66.9 Å². The fourth-order valence-corrected chi connectivity index (χ4v) is 3.07. The van der Waals surface area contributed by atoms with Crippen molar-refractivity contribution in [2.75, 3.05) is 32.2 Å². The van der Waals surface area contributed by atoms with E-state index in [-0.39, 0.29) is 17.1 Å². The summed E-state index contributed by atoms with van der Waals surface area (Å²) in [5.41, 5.74) is 0.0696. The lowest BCUT2D eigenvalue weighted by molar-refractivity contribution is -0.193. The average Bonchev–Trinajstić information content (AvgIpc) is 3.01. The maximum Gasteiger partial charge on any atom is 0.490 e. The predicted molar refractivity (Wildman–Crippen MR) is 156 cm³/mol. The number of hydrogen-bond acceptors (Lipinski definition) is 9. The smallest absolute Gasteiger partial charge is 0.490 e.